The number of para-hydroxylation sites is 1. The summed E-state index contributed by atoms with van der Waals surface area (Å²) in [4.78, 5) is 12.3. The van der Waals surface area contributed by atoms with Crippen LogP contribution in [-0.2, 0) is 4.79 Å². The quantitative estimate of drug-likeness (QED) is 0.456. The number of carbonyl (C=O) groups excluding carboxylic acids is 1. The zero-order chi connectivity index (χ0) is 20.9. The lowest BCUT2D eigenvalue weighted by atomic mass is 10.2. The van der Waals surface area contributed by atoms with Gasteiger partial charge < -0.3 is 10.1 Å². The van der Waals surface area contributed by atoms with Crippen LogP contribution in [0.15, 0.2) is 78.2 Å². The van der Waals surface area contributed by atoms with Crippen LogP contribution in [0.3, 0.4) is 0 Å². The van der Waals surface area contributed by atoms with Crippen molar-refractivity contribution in [1.29, 1.82) is 0 Å². The third kappa shape index (κ3) is 4.20. The molecule has 0 atom stereocenters. The Bertz CT molecular complexity index is 1160. The van der Waals surface area contributed by atoms with E-state index < -0.39 is 5.82 Å². The molecule has 4 rings (SSSR count). The molecule has 0 spiro atoms. The molecule has 0 saturated carbocycles. The summed E-state index contributed by atoms with van der Waals surface area (Å²) in [5.74, 6) is 0.531. The van der Waals surface area contributed by atoms with Crippen molar-refractivity contribution in [1.82, 2.24) is 19.5 Å². The zero-order valence-corrected chi connectivity index (χ0v) is 16.8. The number of amides is 1. The molecule has 1 N–H and O–H groups in total. The van der Waals surface area contributed by atoms with E-state index in [2.05, 4.69) is 15.5 Å². The summed E-state index contributed by atoms with van der Waals surface area (Å²) in [6.45, 7) is 0. The van der Waals surface area contributed by atoms with E-state index in [4.69, 9.17) is 4.74 Å². The van der Waals surface area contributed by atoms with Crippen molar-refractivity contribution in [2.45, 2.75) is 5.16 Å². The predicted octanol–water partition coefficient (Wildman–Crippen LogP) is 3.94. The number of thioether (sulfide) groups is 1. The van der Waals surface area contributed by atoms with E-state index in [1.54, 1.807) is 23.9 Å². The van der Waals surface area contributed by atoms with E-state index in [0.717, 1.165) is 5.56 Å². The van der Waals surface area contributed by atoms with Crippen LogP contribution >= 0.6 is 11.8 Å². The molecular weight excluding hydrogens is 405 g/mol. The summed E-state index contributed by atoms with van der Waals surface area (Å²) in [5.41, 5.74) is 0.963. The van der Waals surface area contributed by atoms with Gasteiger partial charge in [-0.05, 0) is 36.4 Å². The minimum Gasteiger partial charge on any atom is -0.497 e. The van der Waals surface area contributed by atoms with Crippen LogP contribution in [0.25, 0.3) is 11.4 Å². The van der Waals surface area contributed by atoms with E-state index in [9.17, 15) is 9.18 Å². The van der Waals surface area contributed by atoms with E-state index in [1.807, 2.05) is 53.5 Å². The highest BCUT2D eigenvalue weighted by molar-refractivity contribution is 7.99. The van der Waals surface area contributed by atoms with Gasteiger partial charge >= 0.3 is 0 Å². The molecule has 0 aliphatic heterocycles. The van der Waals surface area contributed by atoms with Crippen molar-refractivity contribution in [2.75, 3.05) is 18.2 Å². The minimum atomic E-state index is -0.480. The maximum atomic E-state index is 13.8. The molecule has 0 radical (unpaired) electrons. The number of methoxy groups -OCH3 is 1. The first-order valence-electron chi connectivity index (χ1n) is 9.06. The minimum absolute atomic E-state index is 0.0475. The van der Waals surface area contributed by atoms with Crippen molar-refractivity contribution in [3.8, 4) is 17.1 Å². The highest BCUT2D eigenvalue weighted by Crippen LogP contribution is 2.27. The molecule has 0 fully saturated rings. The standard InChI is InChI=1S/C21H18FN5O2S/c1-29-16-8-6-7-15(13-16)20-24-25-21(27(20)26-11-4-5-12-26)30-14-19(28)23-18-10-3-2-9-17(18)22/h2-13H,14H2,1H3,(H,23,28). The first-order chi connectivity index (χ1) is 14.7. The van der Waals surface area contributed by atoms with Crippen molar-refractivity contribution in [2.24, 2.45) is 0 Å². The molecule has 1 amide bonds. The maximum absolute atomic E-state index is 13.8. The smallest absolute Gasteiger partial charge is 0.234 e. The summed E-state index contributed by atoms with van der Waals surface area (Å²) >= 11 is 1.21. The van der Waals surface area contributed by atoms with Gasteiger partial charge in [0.1, 0.15) is 11.6 Å². The molecule has 0 unspecified atom stereocenters. The SMILES string of the molecule is COc1cccc(-c2nnc(SCC(=O)Nc3ccccc3F)n2-n2cccc2)c1. The third-order valence-corrected chi connectivity index (χ3v) is 5.16. The molecule has 2 heterocycles. The van der Waals surface area contributed by atoms with E-state index in [0.29, 0.717) is 16.7 Å². The molecular formula is C21H18FN5O2S. The van der Waals surface area contributed by atoms with Gasteiger partial charge in [0.05, 0.1) is 18.6 Å². The Kier molecular flexibility index (Phi) is 5.80. The van der Waals surface area contributed by atoms with Gasteiger partial charge in [0.2, 0.25) is 11.1 Å². The lowest BCUT2D eigenvalue weighted by Crippen LogP contribution is -2.16. The summed E-state index contributed by atoms with van der Waals surface area (Å²) in [6.07, 6.45) is 3.72. The molecule has 9 heteroatoms. The van der Waals surface area contributed by atoms with Crippen molar-refractivity contribution in [3.05, 3.63) is 78.9 Å². The molecule has 2 aromatic heterocycles. The monoisotopic (exact) mass is 423 g/mol. The lowest BCUT2D eigenvalue weighted by molar-refractivity contribution is -0.113. The zero-order valence-electron chi connectivity index (χ0n) is 16.0. The van der Waals surface area contributed by atoms with Crippen LogP contribution in [-0.4, -0.2) is 38.3 Å². The fourth-order valence-electron chi connectivity index (χ4n) is 2.84. The predicted molar refractivity (Wildman–Crippen MR) is 113 cm³/mol. The van der Waals surface area contributed by atoms with Crippen LogP contribution < -0.4 is 10.1 Å². The fraction of sp³-hybridized carbons (Fsp3) is 0.0952. The average Bonchev–Trinajstić information content (AvgIpc) is 3.43. The molecule has 0 saturated heterocycles. The van der Waals surface area contributed by atoms with Crippen LogP contribution in [0.1, 0.15) is 0 Å². The number of carbonyl (C=O) groups is 1. The Balaban J connectivity index is 1.58. The number of hydrogen-bond donors (Lipinski definition) is 1. The fourth-order valence-corrected chi connectivity index (χ4v) is 3.58. The Morgan fingerprint density at radius 3 is 2.67 bits per heavy atom. The molecule has 0 aliphatic rings. The van der Waals surface area contributed by atoms with Gasteiger partial charge in [0.15, 0.2) is 5.82 Å². The maximum Gasteiger partial charge on any atom is 0.234 e. The number of rotatable bonds is 7. The average molecular weight is 423 g/mol. The summed E-state index contributed by atoms with van der Waals surface area (Å²) < 4.78 is 22.7. The molecule has 2 aromatic carbocycles. The lowest BCUT2D eigenvalue weighted by Gasteiger charge is -2.12. The number of halogens is 1. The number of nitrogens with zero attached hydrogens (tertiary/aromatic N) is 4. The van der Waals surface area contributed by atoms with Crippen LogP contribution in [0.5, 0.6) is 5.75 Å². The largest absolute Gasteiger partial charge is 0.497 e. The van der Waals surface area contributed by atoms with Gasteiger partial charge in [-0.15, -0.1) is 10.2 Å². The van der Waals surface area contributed by atoms with Crippen LogP contribution in [0.4, 0.5) is 10.1 Å². The van der Waals surface area contributed by atoms with Gasteiger partial charge in [-0.25, -0.2) is 9.07 Å². The Morgan fingerprint density at radius 2 is 1.90 bits per heavy atom. The van der Waals surface area contributed by atoms with Crippen molar-refractivity contribution >= 4 is 23.4 Å². The highest BCUT2D eigenvalue weighted by Gasteiger charge is 2.18. The first kappa shape index (κ1) is 19.7. The summed E-state index contributed by atoms with van der Waals surface area (Å²) in [5, 5.41) is 11.7. The van der Waals surface area contributed by atoms with E-state index in [1.165, 1.54) is 23.9 Å². The van der Waals surface area contributed by atoms with Crippen molar-refractivity contribution < 1.29 is 13.9 Å². The number of benzene rings is 2. The van der Waals surface area contributed by atoms with Gasteiger partial charge in [-0.1, -0.05) is 36.0 Å². The Labute approximate surface area is 176 Å². The summed E-state index contributed by atoms with van der Waals surface area (Å²) in [7, 11) is 1.60. The number of ether oxygens (including phenoxy) is 1. The highest BCUT2D eigenvalue weighted by atomic mass is 32.2. The number of hydrogen-bond acceptors (Lipinski definition) is 5. The normalized spacial score (nSPS) is 10.7. The number of nitrogens with one attached hydrogen (secondary N) is 1. The summed E-state index contributed by atoms with van der Waals surface area (Å²) in [6, 6.07) is 17.3. The molecule has 30 heavy (non-hydrogen) atoms. The number of aromatic nitrogens is 4. The second-order valence-corrected chi connectivity index (χ2v) is 7.17. The second kappa shape index (κ2) is 8.83. The van der Waals surface area contributed by atoms with Crippen LogP contribution in [0, 0.1) is 5.82 Å². The van der Waals surface area contributed by atoms with Gasteiger partial charge in [-0.2, -0.15) is 0 Å². The molecule has 7 nitrogen and oxygen atoms in total. The van der Waals surface area contributed by atoms with Gasteiger partial charge in [-0.3, -0.25) is 9.47 Å². The molecule has 152 valence electrons. The van der Waals surface area contributed by atoms with Crippen molar-refractivity contribution in [3.63, 3.8) is 0 Å². The molecule has 0 bridgehead atoms. The van der Waals surface area contributed by atoms with Gasteiger partial charge in [0.25, 0.3) is 0 Å². The Hall–Kier alpha value is -3.59. The molecule has 4 aromatic rings. The van der Waals surface area contributed by atoms with Gasteiger partial charge in [0, 0.05) is 18.0 Å². The van der Waals surface area contributed by atoms with E-state index in [-0.39, 0.29) is 17.3 Å². The number of anilines is 1. The topological polar surface area (TPSA) is 74.0 Å². The first-order valence-corrected chi connectivity index (χ1v) is 10.0. The van der Waals surface area contributed by atoms with E-state index >= 15 is 0 Å². The molecule has 0 aliphatic carbocycles. The van der Waals surface area contributed by atoms with Crippen LogP contribution in [0.2, 0.25) is 0 Å². The second-order valence-electron chi connectivity index (χ2n) is 6.23. The third-order valence-electron chi connectivity index (χ3n) is 4.24. The Morgan fingerprint density at radius 1 is 1.10 bits per heavy atom.